The Balaban J connectivity index is 2.69. The summed E-state index contributed by atoms with van der Waals surface area (Å²) in [6, 6.07) is 4.20. The van der Waals surface area contributed by atoms with Crippen LogP contribution in [0, 0.1) is 11.8 Å². The van der Waals surface area contributed by atoms with Crippen LogP contribution in [0.2, 0.25) is 0 Å². The number of Topliss-reactive ketones (excluding diaryl/α,β-unsaturated/α-hetero) is 1. The van der Waals surface area contributed by atoms with Crippen LogP contribution in [-0.2, 0) is 23.9 Å². The second-order valence-electron chi connectivity index (χ2n) is 6.46. The number of carbonyl (C=O) groups is 3. The minimum absolute atomic E-state index is 0.104. The van der Waals surface area contributed by atoms with Crippen molar-refractivity contribution in [3.05, 3.63) is 23.8 Å². The van der Waals surface area contributed by atoms with Crippen molar-refractivity contribution in [2.75, 3.05) is 21.3 Å². The summed E-state index contributed by atoms with van der Waals surface area (Å²) in [4.78, 5) is 37.3. The maximum Gasteiger partial charge on any atom is 0.316 e. The quantitative estimate of drug-likeness (QED) is 0.593. The molecule has 2 N–H and O–H groups in total. The molecule has 0 spiro atoms. The second kappa shape index (κ2) is 7.33. The van der Waals surface area contributed by atoms with Crippen LogP contribution in [0.4, 0.5) is 0 Å². The third-order valence-corrected chi connectivity index (χ3v) is 4.77. The SMILES string of the molecule is COC(=O)[C@H]1C(=O)C[C@](C)(O)[C@@H](C(=O)OC)[C@@H]1c1ccc(O)c(OC)c1. The van der Waals surface area contributed by atoms with E-state index in [4.69, 9.17) is 14.2 Å². The van der Waals surface area contributed by atoms with Crippen LogP contribution in [-0.4, -0.2) is 54.9 Å². The number of esters is 2. The van der Waals surface area contributed by atoms with E-state index in [0.29, 0.717) is 5.56 Å². The molecule has 0 saturated heterocycles. The smallest absolute Gasteiger partial charge is 0.316 e. The van der Waals surface area contributed by atoms with Gasteiger partial charge in [0.25, 0.3) is 0 Å². The number of rotatable bonds is 4. The average molecular weight is 366 g/mol. The van der Waals surface area contributed by atoms with Crippen molar-refractivity contribution in [2.45, 2.75) is 24.9 Å². The van der Waals surface area contributed by atoms with E-state index < -0.39 is 47.5 Å². The first-order chi connectivity index (χ1) is 12.2. The number of hydrogen-bond acceptors (Lipinski definition) is 8. The summed E-state index contributed by atoms with van der Waals surface area (Å²) in [5, 5.41) is 20.5. The fraction of sp³-hybridized carbons (Fsp3) is 0.500. The van der Waals surface area contributed by atoms with Crippen molar-refractivity contribution >= 4 is 17.7 Å². The van der Waals surface area contributed by atoms with Gasteiger partial charge in [-0.1, -0.05) is 6.07 Å². The van der Waals surface area contributed by atoms with Gasteiger partial charge in [0.1, 0.15) is 5.92 Å². The first-order valence-corrected chi connectivity index (χ1v) is 7.95. The van der Waals surface area contributed by atoms with Crippen LogP contribution < -0.4 is 4.74 Å². The number of methoxy groups -OCH3 is 3. The molecule has 2 rings (SSSR count). The van der Waals surface area contributed by atoms with Gasteiger partial charge in [-0.05, 0) is 24.6 Å². The van der Waals surface area contributed by atoms with Crippen LogP contribution in [0.25, 0.3) is 0 Å². The molecule has 26 heavy (non-hydrogen) atoms. The van der Waals surface area contributed by atoms with Crippen molar-refractivity contribution in [1.29, 1.82) is 0 Å². The third-order valence-electron chi connectivity index (χ3n) is 4.77. The molecule has 0 amide bonds. The lowest BCUT2D eigenvalue weighted by Gasteiger charge is -2.43. The topological polar surface area (TPSA) is 119 Å². The number of benzene rings is 1. The van der Waals surface area contributed by atoms with Gasteiger partial charge in [-0.3, -0.25) is 14.4 Å². The molecular weight excluding hydrogens is 344 g/mol. The summed E-state index contributed by atoms with van der Waals surface area (Å²) in [5.74, 6) is -5.67. The zero-order chi connectivity index (χ0) is 19.6. The van der Waals surface area contributed by atoms with E-state index in [9.17, 15) is 24.6 Å². The Kier molecular flexibility index (Phi) is 5.56. The molecule has 0 aliphatic heterocycles. The molecule has 0 unspecified atom stereocenters. The Hall–Kier alpha value is -2.61. The molecule has 1 aromatic rings. The minimum Gasteiger partial charge on any atom is -0.504 e. The van der Waals surface area contributed by atoms with Crippen molar-refractivity contribution in [1.82, 2.24) is 0 Å². The molecule has 0 heterocycles. The number of ketones is 1. The summed E-state index contributed by atoms with van der Waals surface area (Å²) in [6.07, 6.45) is -0.391. The summed E-state index contributed by atoms with van der Waals surface area (Å²) in [6.45, 7) is 1.35. The maximum atomic E-state index is 12.6. The van der Waals surface area contributed by atoms with Crippen LogP contribution in [0.5, 0.6) is 11.5 Å². The Morgan fingerprint density at radius 1 is 1.15 bits per heavy atom. The van der Waals surface area contributed by atoms with Gasteiger partial charge >= 0.3 is 11.9 Å². The number of aromatic hydroxyl groups is 1. The number of aliphatic hydroxyl groups is 1. The number of phenolic OH excluding ortho intramolecular Hbond substituents is 1. The van der Waals surface area contributed by atoms with E-state index in [0.717, 1.165) is 14.2 Å². The molecule has 1 aliphatic carbocycles. The van der Waals surface area contributed by atoms with E-state index in [1.165, 1.54) is 32.2 Å². The van der Waals surface area contributed by atoms with E-state index in [-0.39, 0.29) is 11.5 Å². The normalized spacial score (nSPS) is 28.3. The van der Waals surface area contributed by atoms with Gasteiger partial charge in [-0.15, -0.1) is 0 Å². The zero-order valence-electron chi connectivity index (χ0n) is 15.0. The summed E-state index contributed by atoms with van der Waals surface area (Å²) >= 11 is 0. The number of ether oxygens (including phenoxy) is 3. The predicted molar refractivity (Wildman–Crippen MR) is 88.7 cm³/mol. The molecule has 1 fully saturated rings. The molecule has 1 aliphatic rings. The monoisotopic (exact) mass is 366 g/mol. The van der Waals surface area contributed by atoms with Crippen LogP contribution in [0.1, 0.15) is 24.8 Å². The van der Waals surface area contributed by atoms with Crippen molar-refractivity contribution < 1.29 is 38.8 Å². The lowest BCUT2D eigenvalue weighted by atomic mass is 9.61. The van der Waals surface area contributed by atoms with E-state index in [1.807, 2.05) is 0 Å². The third kappa shape index (κ3) is 3.37. The lowest BCUT2D eigenvalue weighted by molar-refractivity contribution is -0.170. The minimum atomic E-state index is -1.72. The van der Waals surface area contributed by atoms with Gasteiger partial charge in [-0.2, -0.15) is 0 Å². The molecule has 1 aromatic carbocycles. The molecule has 142 valence electrons. The second-order valence-corrected chi connectivity index (χ2v) is 6.46. The average Bonchev–Trinajstić information content (AvgIpc) is 2.59. The van der Waals surface area contributed by atoms with Crippen molar-refractivity contribution in [2.24, 2.45) is 11.8 Å². The van der Waals surface area contributed by atoms with E-state index in [2.05, 4.69) is 0 Å². The first-order valence-electron chi connectivity index (χ1n) is 7.95. The highest BCUT2D eigenvalue weighted by Gasteiger charge is 2.57. The predicted octanol–water partition coefficient (Wildman–Crippen LogP) is 0.787. The first kappa shape index (κ1) is 19.7. The highest BCUT2D eigenvalue weighted by atomic mass is 16.5. The summed E-state index contributed by atoms with van der Waals surface area (Å²) in [5.41, 5.74) is -1.36. The Bertz CT molecular complexity index is 724. The molecule has 0 radical (unpaired) electrons. The van der Waals surface area contributed by atoms with Gasteiger partial charge in [0, 0.05) is 12.3 Å². The molecule has 0 aromatic heterocycles. The zero-order valence-corrected chi connectivity index (χ0v) is 15.0. The fourth-order valence-corrected chi connectivity index (χ4v) is 3.57. The van der Waals surface area contributed by atoms with Gasteiger partial charge in [-0.25, -0.2) is 0 Å². The van der Waals surface area contributed by atoms with Gasteiger partial charge in [0.15, 0.2) is 17.3 Å². The molecule has 8 heteroatoms. The maximum absolute atomic E-state index is 12.6. The van der Waals surface area contributed by atoms with E-state index in [1.54, 1.807) is 0 Å². The molecule has 4 atom stereocenters. The van der Waals surface area contributed by atoms with Crippen LogP contribution in [0.15, 0.2) is 18.2 Å². The Labute approximate surface area is 150 Å². The molecule has 0 bridgehead atoms. The van der Waals surface area contributed by atoms with Crippen LogP contribution in [0.3, 0.4) is 0 Å². The van der Waals surface area contributed by atoms with Crippen molar-refractivity contribution in [3.8, 4) is 11.5 Å². The number of hydrogen-bond donors (Lipinski definition) is 2. The standard InChI is InChI=1S/C18H22O8/c1-18(23)8-11(20)14(16(21)25-3)13(15(18)17(22)26-4)9-5-6-10(19)12(7-9)24-2/h5-7,13-15,19,23H,8H2,1-4H3/t13-,14+,15-,18+/m1/s1. The van der Waals surface area contributed by atoms with Gasteiger partial charge < -0.3 is 24.4 Å². The van der Waals surface area contributed by atoms with Gasteiger partial charge in [0.05, 0.1) is 32.8 Å². The Morgan fingerprint density at radius 3 is 2.31 bits per heavy atom. The molecule has 1 saturated carbocycles. The lowest BCUT2D eigenvalue weighted by Crippen LogP contribution is -2.55. The highest BCUT2D eigenvalue weighted by molar-refractivity contribution is 6.02. The fourth-order valence-electron chi connectivity index (χ4n) is 3.57. The Morgan fingerprint density at radius 2 is 1.77 bits per heavy atom. The largest absolute Gasteiger partial charge is 0.504 e. The molecule has 8 nitrogen and oxygen atoms in total. The van der Waals surface area contributed by atoms with Crippen LogP contribution >= 0.6 is 0 Å². The summed E-state index contributed by atoms with van der Waals surface area (Å²) < 4.78 is 14.6. The van der Waals surface area contributed by atoms with Crippen molar-refractivity contribution in [3.63, 3.8) is 0 Å². The highest BCUT2D eigenvalue weighted by Crippen LogP contribution is 2.47. The van der Waals surface area contributed by atoms with E-state index >= 15 is 0 Å². The van der Waals surface area contributed by atoms with Gasteiger partial charge in [0.2, 0.25) is 0 Å². The summed E-state index contributed by atoms with van der Waals surface area (Å²) in [7, 11) is 3.65. The number of phenols is 1. The molecular formula is C18H22O8. The number of carbonyl (C=O) groups excluding carboxylic acids is 3.